The molecule has 2 aromatic rings. The van der Waals surface area contributed by atoms with Gasteiger partial charge < -0.3 is 14.6 Å². The van der Waals surface area contributed by atoms with E-state index >= 15 is 0 Å². The number of hydrogen-bond donors (Lipinski definition) is 1. The van der Waals surface area contributed by atoms with Crippen LogP contribution in [-0.2, 0) is 16.1 Å². The van der Waals surface area contributed by atoms with E-state index in [1.165, 1.54) is 0 Å². The molecule has 0 aliphatic rings. The molecular weight excluding hydrogens is 276 g/mol. The van der Waals surface area contributed by atoms with E-state index in [1.807, 2.05) is 37.4 Å². The molecule has 20 heavy (non-hydrogen) atoms. The molecule has 1 N–H and O–H groups in total. The number of hydrogen-bond acceptors (Lipinski definition) is 5. The van der Waals surface area contributed by atoms with E-state index in [0.717, 1.165) is 17.1 Å². The molecule has 1 amide bonds. The van der Waals surface area contributed by atoms with Crippen LogP contribution in [0, 0.1) is 0 Å². The molecule has 6 heteroatoms. The molecule has 0 bridgehead atoms. The number of carbonyl (C=O) groups is 1. The molecule has 0 radical (unpaired) electrons. The predicted molar refractivity (Wildman–Crippen MR) is 77.4 cm³/mol. The highest BCUT2D eigenvalue weighted by molar-refractivity contribution is 7.13. The van der Waals surface area contributed by atoms with E-state index in [0.29, 0.717) is 5.69 Å². The topological polar surface area (TPSA) is 64.4 Å². The van der Waals surface area contributed by atoms with Gasteiger partial charge in [0.25, 0.3) is 0 Å². The zero-order chi connectivity index (χ0) is 14.4. The molecule has 0 spiro atoms. The Morgan fingerprint density at radius 1 is 1.60 bits per heavy atom. The number of nitrogens with zero attached hydrogens (tertiary/aromatic N) is 1. The van der Waals surface area contributed by atoms with Crippen LogP contribution in [-0.4, -0.2) is 23.7 Å². The lowest BCUT2D eigenvalue weighted by Crippen LogP contribution is -2.34. The number of carbonyl (C=O) groups excluding carboxylic acids is 1. The van der Waals surface area contributed by atoms with E-state index in [1.54, 1.807) is 11.3 Å². The van der Waals surface area contributed by atoms with Crippen molar-refractivity contribution in [3.63, 3.8) is 0 Å². The SMILES string of the molecule is CC[C@H](C)NC(=O)COCc1cc(-c2cccs2)on1. The molecule has 0 saturated heterocycles. The Bertz CT molecular complexity index is 536. The Morgan fingerprint density at radius 2 is 2.45 bits per heavy atom. The van der Waals surface area contributed by atoms with Gasteiger partial charge >= 0.3 is 0 Å². The van der Waals surface area contributed by atoms with Crippen LogP contribution in [0.3, 0.4) is 0 Å². The minimum absolute atomic E-state index is 0.0333. The summed E-state index contributed by atoms with van der Waals surface area (Å²) in [5, 5.41) is 8.74. The molecule has 0 aliphatic heterocycles. The van der Waals surface area contributed by atoms with Crippen molar-refractivity contribution in [2.45, 2.75) is 32.9 Å². The molecule has 0 aromatic carbocycles. The molecular formula is C14H18N2O3S. The first-order chi connectivity index (χ1) is 9.69. The normalized spacial score (nSPS) is 12.3. The molecule has 5 nitrogen and oxygen atoms in total. The molecule has 2 rings (SSSR count). The molecule has 0 saturated carbocycles. The summed E-state index contributed by atoms with van der Waals surface area (Å²) in [7, 11) is 0. The van der Waals surface area contributed by atoms with Crippen molar-refractivity contribution in [1.82, 2.24) is 10.5 Å². The number of rotatable bonds is 7. The third kappa shape index (κ3) is 4.18. The Morgan fingerprint density at radius 3 is 3.15 bits per heavy atom. The Labute approximate surface area is 121 Å². The average Bonchev–Trinajstić information content (AvgIpc) is 3.08. The van der Waals surface area contributed by atoms with Crippen LogP contribution in [0.4, 0.5) is 0 Å². The highest BCUT2D eigenvalue weighted by Gasteiger charge is 2.09. The van der Waals surface area contributed by atoms with Crippen LogP contribution in [0.15, 0.2) is 28.1 Å². The first-order valence-corrected chi connectivity index (χ1v) is 7.43. The quantitative estimate of drug-likeness (QED) is 0.853. The second-order valence-electron chi connectivity index (χ2n) is 4.53. The summed E-state index contributed by atoms with van der Waals surface area (Å²) in [6, 6.07) is 5.93. The lowest BCUT2D eigenvalue weighted by Gasteiger charge is -2.10. The predicted octanol–water partition coefficient (Wildman–Crippen LogP) is 2.83. The van der Waals surface area contributed by atoms with Gasteiger partial charge in [-0.3, -0.25) is 4.79 Å². The van der Waals surface area contributed by atoms with Gasteiger partial charge in [-0.15, -0.1) is 11.3 Å². The number of nitrogens with one attached hydrogen (secondary N) is 1. The second-order valence-corrected chi connectivity index (χ2v) is 5.48. The highest BCUT2D eigenvalue weighted by Crippen LogP contribution is 2.25. The fourth-order valence-corrected chi connectivity index (χ4v) is 2.25. The summed E-state index contributed by atoms with van der Waals surface area (Å²) in [5.41, 5.74) is 0.685. The van der Waals surface area contributed by atoms with Crippen LogP contribution in [0.1, 0.15) is 26.0 Å². The van der Waals surface area contributed by atoms with Crippen molar-refractivity contribution >= 4 is 17.2 Å². The maximum absolute atomic E-state index is 11.5. The van der Waals surface area contributed by atoms with Crippen molar-refractivity contribution in [1.29, 1.82) is 0 Å². The van der Waals surface area contributed by atoms with E-state index < -0.39 is 0 Å². The van der Waals surface area contributed by atoms with Crippen molar-refractivity contribution in [3.8, 4) is 10.6 Å². The van der Waals surface area contributed by atoms with E-state index in [2.05, 4.69) is 10.5 Å². The molecule has 0 fully saturated rings. The zero-order valence-electron chi connectivity index (χ0n) is 11.6. The lowest BCUT2D eigenvalue weighted by molar-refractivity contribution is -0.126. The Kier molecular flexibility index (Phi) is 5.31. The standard InChI is InChI=1S/C14H18N2O3S/c1-3-10(2)15-14(17)9-18-8-11-7-12(19-16-11)13-5-4-6-20-13/h4-7,10H,3,8-9H2,1-2H3,(H,15,17)/t10-/m0/s1. The van der Waals surface area contributed by atoms with E-state index in [9.17, 15) is 4.79 Å². The lowest BCUT2D eigenvalue weighted by atomic mass is 10.2. The first kappa shape index (κ1) is 14.7. The average molecular weight is 294 g/mol. The van der Waals surface area contributed by atoms with Crippen molar-refractivity contribution in [2.24, 2.45) is 0 Å². The molecule has 2 aromatic heterocycles. The summed E-state index contributed by atoms with van der Waals surface area (Å²) in [6.07, 6.45) is 0.902. The summed E-state index contributed by atoms with van der Waals surface area (Å²) < 4.78 is 10.6. The van der Waals surface area contributed by atoms with Crippen molar-refractivity contribution in [3.05, 3.63) is 29.3 Å². The van der Waals surface area contributed by atoms with Gasteiger partial charge in [-0.1, -0.05) is 18.1 Å². The number of thiophene rings is 1. The molecule has 1 atom stereocenters. The fourth-order valence-electron chi connectivity index (χ4n) is 1.58. The molecule has 2 heterocycles. The van der Waals surface area contributed by atoms with Crippen molar-refractivity contribution in [2.75, 3.05) is 6.61 Å². The van der Waals surface area contributed by atoms with Gasteiger partial charge in [-0.25, -0.2) is 0 Å². The number of ether oxygens (including phenoxy) is 1. The smallest absolute Gasteiger partial charge is 0.246 e. The van der Waals surface area contributed by atoms with Crippen LogP contribution >= 0.6 is 11.3 Å². The van der Waals surface area contributed by atoms with Gasteiger partial charge in [0.2, 0.25) is 5.91 Å². The third-order valence-corrected chi connectivity index (χ3v) is 3.71. The number of amides is 1. The summed E-state index contributed by atoms with van der Waals surface area (Å²) in [6.45, 7) is 4.28. The van der Waals surface area contributed by atoms with Gasteiger partial charge in [-0.05, 0) is 24.8 Å². The van der Waals surface area contributed by atoms with Crippen LogP contribution in [0.5, 0.6) is 0 Å². The molecule has 108 valence electrons. The summed E-state index contributed by atoms with van der Waals surface area (Å²) in [5.74, 6) is 0.615. The minimum Gasteiger partial charge on any atom is -0.365 e. The van der Waals surface area contributed by atoms with Crippen LogP contribution < -0.4 is 5.32 Å². The second kappa shape index (κ2) is 7.21. The monoisotopic (exact) mass is 294 g/mol. The summed E-state index contributed by atoms with van der Waals surface area (Å²) in [4.78, 5) is 12.5. The van der Waals surface area contributed by atoms with E-state index in [-0.39, 0.29) is 25.2 Å². The van der Waals surface area contributed by atoms with Gasteiger partial charge in [-0.2, -0.15) is 0 Å². The fraction of sp³-hybridized carbons (Fsp3) is 0.429. The maximum Gasteiger partial charge on any atom is 0.246 e. The summed E-state index contributed by atoms with van der Waals surface area (Å²) >= 11 is 1.59. The van der Waals surface area contributed by atoms with Crippen LogP contribution in [0.2, 0.25) is 0 Å². The van der Waals surface area contributed by atoms with Gasteiger partial charge in [0.05, 0.1) is 11.5 Å². The van der Waals surface area contributed by atoms with E-state index in [4.69, 9.17) is 9.26 Å². The van der Waals surface area contributed by atoms with Gasteiger partial charge in [0.15, 0.2) is 5.76 Å². The first-order valence-electron chi connectivity index (χ1n) is 6.55. The van der Waals surface area contributed by atoms with Gasteiger partial charge in [0.1, 0.15) is 12.3 Å². The largest absolute Gasteiger partial charge is 0.365 e. The molecule has 0 aliphatic carbocycles. The zero-order valence-corrected chi connectivity index (χ0v) is 12.4. The van der Waals surface area contributed by atoms with Gasteiger partial charge in [0, 0.05) is 12.1 Å². The molecule has 0 unspecified atom stereocenters. The van der Waals surface area contributed by atoms with Crippen LogP contribution in [0.25, 0.3) is 10.6 Å². The highest BCUT2D eigenvalue weighted by atomic mass is 32.1. The number of aromatic nitrogens is 1. The minimum atomic E-state index is -0.110. The van der Waals surface area contributed by atoms with Crippen molar-refractivity contribution < 1.29 is 14.1 Å². The maximum atomic E-state index is 11.5. The Hall–Kier alpha value is -1.66. The Balaban J connectivity index is 1.76. The third-order valence-electron chi connectivity index (χ3n) is 2.83.